The first-order valence-electron chi connectivity index (χ1n) is 12.2. The van der Waals surface area contributed by atoms with Crippen LogP contribution in [0.25, 0.3) is 0 Å². The van der Waals surface area contributed by atoms with Gasteiger partial charge in [-0.1, -0.05) is 11.6 Å². The Morgan fingerprint density at radius 2 is 1.89 bits per heavy atom. The fourth-order valence-corrected chi connectivity index (χ4v) is 5.50. The van der Waals surface area contributed by atoms with Gasteiger partial charge in [0.05, 0.1) is 24.3 Å². The van der Waals surface area contributed by atoms with Crippen LogP contribution < -0.4 is 20.3 Å². The average molecular weight is 502 g/mol. The van der Waals surface area contributed by atoms with Crippen molar-refractivity contribution < 1.29 is 19.0 Å². The fourth-order valence-electron chi connectivity index (χ4n) is 5.25. The Morgan fingerprint density at radius 3 is 2.54 bits per heavy atom. The summed E-state index contributed by atoms with van der Waals surface area (Å²) in [5, 5.41) is 3.21. The van der Waals surface area contributed by atoms with Gasteiger partial charge in [0.25, 0.3) is 11.5 Å². The Bertz CT molecular complexity index is 1180. The molecule has 0 saturated carbocycles. The highest BCUT2D eigenvalue weighted by molar-refractivity contribution is 6.32. The van der Waals surface area contributed by atoms with E-state index in [1.165, 1.54) is 0 Å². The van der Waals surface area contributed by atoms with Crippen molar-refractivity contribution in [3.8, 4) is 11.5 Å². The highest BCUT2D eigenvalue weighted by Gasteiger charge is 2.36. The lowest BCUT2D eigenvalue weighted by molar-refractivity contribution is -0.0807. The van der Waals surface area contributed by atoms with Gasteiger partial charge in [-0.15, -0.1) is 0 Å². The van der Waals surface area contributed by atoms with Gasteiger partial charge in [-0.2, -0.15) is 0 Å². The Hall–Kier alpha value is -2.55. The number of ether oxygens (including phenoxy) is 3. The van der Waals surface area contributed by atoms with E-state index in [2.05, 4.69) is 15.2 Å². The third kappa shape index (κ3) is 4.79. The van der Waals surface area contributed by atoms with Crippen LogP contribution in [0.1, 0.15) is 45.6 Å². The molecular formula is C26H32ClN3O5. The van der Waals surface area contributed by atoms with Gasteiger partial charge in [0, 0.05) is 34.8 Å². The topological polar surface area (TPSA) is 92.9 Å². The zero-order valence-corrected chi connectivity index (χ0v) is 21.2. The van der Waals surface area contributed by atoms with Gasteiger partial charge in [-0.3, -0.25) is 14.5 Å². The van der Waals surface area contributed by atoms with Crippen molar-refractivity contribution in [1.29, 1.82) is 0 Å². The molecule has 1 aromatic heterocycles. The maximum Gasteiger partial charge on any atom is 0.253 e. The number of nitrogens with zero attached hydrogens (tertiary/aromatic N) is 1. The summed E-state index contributed by atoms with van der Waals surface area (Å²) < 4.78 is 17.8. The first-order chi connectivity index (χ1) is 16.8. The quantitative estimate of drug-likeness (QED) is 0.654. The van der Waals surface area contributed by atoms with Crippen LogP contribution in [-0.2, 0) is 11.3 Å². The molecule has 4 heterocycles. The number of aromatic amines is 1. The first-order valence-corrected chi connectivity index (χ1v) is 12.6. The number of pyridine rings is 1. The van der Waals surface area contributed by atoms with E-state index >= 15 is 0 Å². The minimum absolute atomic E-state index is 0.0795. The fraction of sp³-hybridized carbons (Fsp3) is 0.538. The molecule has 35 heavy (non-hydrogen) atoms. The summed E-state index contributed by atoms with van der Waals surface area (Å²) in [6, 6.07) is 4.06. The second kappa shape index (κ2) is 9.84. The molecule has 0 unspecified atom stereocenters. The molecule has 0 spiro atoms. The van der Waals surface area contributed by atoms with E-state index in [1.807, 2.05) is 26.8 Å². The number of piperidine rings is 1. The van der Waals surface area contributed by atoms with Gasteiger partial charge < -0.3 is 24.5 Å². The number of rotatable bonds is 5. The second-order valence-corrected chi connectivity index (χ2v) is 10.3. The van der Waals surface area contributed by atoms with Crippen LogP contribution in [0.3, 0.4) is 0 Å². The summed E-state index contributed by atoms with van der Waals surface area (Å²) in [7, 11) is 0. The summed E-state index contributed by atoms with van der Waals surface area (Å²) in [4.78, 5) is 30.7. The maximum absolute atomic E-state index is 13.1. The van der Waals surface area contributed by atoms with Crippen LogP contribution in [0.2, 0.25) is 5.02 Å². The van der Waals surface area contributed by atoms with Gasteiger partial charge >= 0.3 is 0 Å². The van der Waals surface area contributed by atoms with Crippen molar-refractivity contribution in [2.24, 2.45) is 5.92 Å². The van der Waals surface area contributed by atoms with Crippen molar-refractivity contribution in [2.45, 2.75) is 52.3 Å². The smallest absolute Gasteiger partial charge is 0.253 e. The van der Waals surface area contributed by atoms with E-state index in [4.69, 9.17) is 25.8 Å². The van der Waals surface area contributed by atoms with Gasteiger partial charge in [-0.25, -0.2) is 0 Å². The molecule has 5 rings (SSSR count). The minimum atomic E-state index is -0.312. The molecule has 3 aliphatic heterocycles. The van der Waals surface area contributed by atoms with Gasteiger partial charge in [0.1, 0.15) is 12.7 Å². The SMILES string of the molecule is Cc1cc(C)c(CNC(=O)c2cc(Cl)c3c(c2C)O[C@@H](C2CCN(C4COC4)CC2)CO3)c(=O)[nH]1. The molecule has 0 radical (unpaired) electrons. The molecular weight excluding hydrogens is 470 g/mol. The third-order valence-electron chi connectivity index (χ3n) is 7.50. The predicted octanol–water partition coefficient (Wildman–Crippen LogP) is 3.13. The number of nitrogens with one attached hydrogen (secondary N) is 2. The number of likely N-dealkylation sites (tertiary alicyclic amines) is 1. The van der Waals surface area contributed by atoms with Crippen molar-refractivity contribution in [2.75, 3.05) is 32.9 Å². The van der Waals surface area contributed by atoms with Crippen LogP contribution in [0.4, 0.5) is 0 Å². The summed E-state index contributed by atoms with van der Waals surface area (Å²) in [6.45, 7) is 9.85. The van der Waals surface area contributed by atoms with E-state index in [0.29, 0.717) is 51.8 Å². The number of carbonyl (C=O) groups is 1. The zero-order chi connectivity index (χ0) is 24.7. The molecule has 3 aliphatic rings. The van der Waals surface area contributed by atoms with E-state index < -0.39 is 0 Å². The molecule has 2 aromatic rings. The Morgan fingerprint density at radius 1 is 1.14 bits per heavy atom. The lowest BCUT2D eigenvalue weighted by Gasteiger charge is -2.43. The highest BCUT2D eigenvalue weighted by Crippen LogP contribution is 2.44. The lowest BCUT2D eigenvalue weighted by atomic mass is 9.90. The zero-order valence-electron chi connectivity index (χ0n) is 20.4. The van der Waals surface area contributed by atoms with Crippen LogP contribution >= 0.6 is 11.6 Å². The van der Waals surface area contributed by atoms with E-state index in [9.17, 15) is 9.59 Å². The Kier molecular flexibility index (Phi) is 6.79. The first kappa shape index (κ1) is 24.2. The summed E-state index contributed by atoms with van der Waals surface area (Å²) in [5.41, 5.74) is 3.06. The van der Waals surface area contributed by atoms with E-state index in [1.54, 1.807) is 6.07 Å². The largest absolute Gasteiger partial charge is 0.484 e. The van der Waals surface area contributed by atoms with Crippen molar-refractivity contribution in [1.82, 2.24) is 15.2 Å². The van der Waals surface area contributed by atoms with E-state index in [-0.39, 0.29) is 24.1 Å². The predicted molar refractivity (Wildman–Crippen MR) is 133 cm³/mol. The number of aryl methyl sites for hydroxylation is 2. The number of halogens is 1. The molecule has 188 valence electrons. The molecule has 1 aromatic carbocycles. The van der Waals surface area contributed by atoms with Crippen LogP contribution in [0, 0.1) is 26.7 Å². The number of amides is 1. The molecule has 9 heteroatoms. The lowest BCUT2D eigenvalue weighted by Crippen LogP contribution is -2.53. The van der Waals surface area contributed by atoms with Gasteiger partial charge in [-0.05, 0) is 64.4 Å². The number of benzene rings is 1. The van der Waals surface area contributed by atoms with Gasteiger partial charge in [0.15, 0.2) is 11.5 Å². The third-order valence-corrected chi connectivity index (χ3v) is 7.78. The number of fused-ring (bicyclic) bond motifs is 1. The summed E-state index contributed by atoms with van der Waals surface area (Å²) in [5.74, 6) is 1.10. The molecule has 0 bridgehead atoms. The molecule has 2 saturated heterocycles. The van der Waals surface area contributed by atoms with E-state index in [0.717, 1.165) is 50.4 Å². The Balaban J connectivity index is 1.29. The molecule has 8 nitrogen and oxygen atoms in total. The molecule has 2 fully saturated rings. The normalized spacial score (nSPS) is 21.0. The number of H-pyrrole nitrogens is 1. The van der Waals surface area contributed by atoms with Crippen molar-refractivity contribution >= 4 is 17.5 Å². The minimum Gasteiger partial charge on any atom is -0.484 e. The van der Waals surface area contributed by atoms with Crippen molar-refractivity contribution in [3.05, 3.63) is 55.5 Å². The van der Waals surface area contributed by atoms with Crippen molar-refractivity contribution in [3.63, 3.8) is 0 Å². The molecule has 2 N–H and O–H groups in total. The maximum atomic E-state index is 13.1. The summed E-state index contributed by atoms with van der Waals surface area (Å²) in [6.07, 6.45) is 2.00. The standard InChI is InChI=1S/C26H32ClN3O5/c1-14-8-15(2)29-26(32)20(14)10-28-25(31)19-9-21(27)24-23(16(19)3)35-22(13-34-24)17-4-6-30(7-5-17)18-11-33-12-18/h8-9,17-18,22H,4-7,10-13H2,1-3H3,(H,28,31)(H,29,32)/t22-/m1/s1. The number of aromatic nitrogens is 1. The van der Waals surface area contributed by atoms with Gasteiger partial charge in [0.2, 0.25) is 0 Å². The monoisotopic (exact) mass is 501 g/mol. The second-order valence-electron chi connectivity index (χ2n) is 9.85. The number of carbonyl (C=O) groups excluding carboxylic acids is 1. The van der Waals surface area contributed by atoms with Crippen LogP contribution in [-0.4, -0.2) is 60.8 Å². The number of hydrogen-bond donors (Lipinski definition) is 2. The summed E-state index contributed by atoms with van der Waals surface area (Å²) >= 11 is 6.50. The van der Waals surface area contributed by atoms with Crippen LogP contribution in [0.5, 0.6) is 11.5 Å². The highest BCUT2D eigenvalue weighted by atomic mass is 35.5. The molecule has 1 amide bonds. The number of hydrogen-bond acceptors (Lipinski definition) is 6. The average Bonchev–Trinajstić information content (AvgIpc) is 2.79. The van der Waals surface area contributed by atoms with Crippen LogP contribution in [0.15, 0.2) is 16.9 Å². The molecule has 1 atom stereocenters. The Labute approximate surface area is 209 Å². The molecule has 0 aliphatic carbocycles.